The van der Waals surface area contributed by atoms with Gasteiger partial charge >= 0.3 is 0 Å². The summed E-state index contributed by atoms with van der Waals surface area (Å²) in [7, 11) is 0. The molecule has 0 saturated heterocycles. The molecule has 0 fully saturated rings. The molecular formula is C20H26N2O2S. The van der Waals surface area contributed by atoms with Gasteiger partial charge in [0.15, 0.2) is 0 Å². The Balaban J connectivity index is 2.08. The van der Waals surface area contributed by atoms with E-state index in [4.69, 9.17) is 26.7 Å². The van der Waals surface area contributed by atoms with E-state index in [1.165, 1.54) is 5.69 Å². The molecule has 0 saturated carbocycles. The maximum absolute atomic E-state index is 5.97. The molecular weight excluding hydrogens is 332 g/mol. The minimum Gasteiger partial charge on any atom is -0.382 e. The van der Waals surface area contributed by atoms with Crippen LogP contribution in [0.25, 0.3) is 11.4 Å². The first kappa shape index (κ1) is 18.2. The number of hydrogen-bond acceptors (Lipinski definition) is 4. The molecule has 2 aromatic rings. The summed E-state index contributed by atoms with van der Waals surface area (Å²) in [5.74, 6) is 0.943. The molecule has 1 aromatic heterocycles. The van der Waals surface area contributed by atoms with E-state index >= 15 is 0 Å². The summed E-state index contributed by atoms with van der Waals surface area (Å²) in [6, 6.07) is 10.3. The highest BCUT2D eigenvalue weighted by atomic mass is 32.1. The number of ether oxygens (including phenoxy) is 2. The third-order valence-electron chi connectivity index (χ3n) is 4.50. The fraction of sp³-hybridized carbons (Fsp3) is 0.500. The standard InChI is InChI=1S/C20H26N2O2S/c1-4-23-12-8-11-22-17-13-20(2,3)24-14-16(17)19(25)21-18(22)15-9-6-5-7-10-15/h5-7,9-10H,4,8,11-14H2,1-3H3. The summed E-state index contributed by atoms with van der Waals surface area (Å²) < 4.78 is 14.5. The number of hydrogen-bond donors (Lipinski definition) is 0. The smallest absolute Gasteiger partial charge is 0.141 e. The summed E-state index contributed by atoms with van der Waals surface area (Å²) in [6.45, 7) is 9.19. The van der Waals surface area contributed by atoms with Gasteiger partial charge in [-0.3, -0.25) is 0 Å². The van der Waals surface area contributed by atoms with Crippen LogP contribution >= 0.6 is 12.2 Å². The van der Waals surface area contributed by atoms with E-state index in [1.54, 1.807) is 0 Å². The van der Waals surface area contributed by atoms with Crippen molar-refractivity contribution in [1.29, 1.82) is 0 Å². The zero-order chi connectivity index (χ0) is 17.9. The lowest BCUT2D eigenvalue weighted by Crippen LogP contribution is -2.35. The molecule has 1 aliphatic heterocycles. The van der Waals surface area contributed by atoms with Gasteiger partial charge < -0.3 is 14.0 Å². The number of nitrogens with zero attached hydrogens (tertiary/aromatic N) is 2. The van der Waals surface area contributed by atoms with Crippen LogP contribution in [0.15, 0.2) is 30.3 Å². The van der Waals surface area contributed by atoms with E-state index in [-0.39, 0.29) is 5.60 Å². The van der Waals surface area contributed by atoms with E-state index in [0.29, 0.717) is 11.2 Å². The number of fused-ring (bicyclic) bond motifs is 1. The third-order valence-corrected chi connectivity index (χ3v) is 4.84. The van der Waals surface area contributed by atoms with E-state index < -0.39 is 0 Å². The highest BCUT2D eigenvalue weighted by molar-refractivity contribution is 7.71. The summed E-state index contributed by atoms with van der Waals surface area (Å²) in [5, 5.41) is 0. The molecule has 4 nitrogen and oxygen atoms in total. The van der Waals surface area contributed by atoms with Crippen LogP contribution < -0.4 is 0 Å². The van der Waals surface area contributed by atoms with Crippen molar-refractivity contribution < 1.29 is 9.47 Å². The monoisotopic (exact) mass is 358 g/mol. The molecule has 1 aliphatic rings. The number of aromatic nitrogens is 2. The SMILES string of the molecule is CCOCCCn1c(-c2ccccc2)nc(=S)c2c1CC(C)(C)OC2. The normalized spacial score (nSPS) is 15.8. The van der Waals surface area contributed by atoms with Gasteiger partial charge in [0, 0.05) is 43.0 Å². The molecule has 134 valence electrons. The van der Waals surface area contributed by atoms with Crippen LogP contribution in [0.2, 0.25) is 0 Å². The topological polar surface area (TPSA) is 36.3 Å². The van der Waals surface area contributed by atoms with Crippen molar-refractivity contribution >= 4 is 12.2 Å². The Labute approximate surface area is 154 Å². The van der Waals surface area contributed by atoms with Crippen LogP contribution in [0, 0.1) is 4.64 Å². The summed E-state index contributed by atoms with van der Waals surface area (Å²) in [6.07, 6.45) is 1.79. The van der Waals surface area contributed by atoms with Crippen molar-refractivity contribution in [2.45, 2.75) is 52.4 Å². The molecule has 0 amide bonds. The zero-order valence-corrected chi connectivity index (χ0v) is 16.1. The molecule has 25 heavy (non-hydrogen) atoms. The first-order valence-electron chi connectivity index (χ1n) is 8.91. The Hall–Kier alpha value is -1.56. The Bertz CT molecular complexity index is 784. The second-order valence-electron chi connectivity index (χ2n) is 6.96. The zero-order valence-electron chi connectivity index (χ0n) is 15.2. The van der Waals surface area contributed by atoms with Gasteiger partial charge in [0.25, 0.3) is 0 Å². The van der Waals surface area contributed by atoms with Crippen molar-refractivity contribution in [1.82, 2.24) is 9.55 Å². The van der Waals surface area contributed by atoms with Gasteiger partial charge in [-0.25, -0.2) is 4.98 Å². The molecule has 0 unspecified atom stereocenters. The molecule has 1 aromatic carbocycles. The Morgan fingerprint density at radius 1 is 1.28 bits per heavy atom. The average molecular weight is 359 g/mol. The van der Waals surface area contributed by atoms with Crippen LogP contribution in [0.5, 0.6) is 0 Å². The van der Waals surface area contributed by atoms with Gasteiger partial charge in [-0.2, -0.15) is 0 Å². The molecule has 0 N–H and O–H groups in total. The van der Waals surface area contributed by atoms with Crippen LogP contribution in [-0.2, 0) is 29.0 Å². The van der Waals surface area contributed by atoms with Crippen molar-refractivity contribution in [3.63, 3.8) is 0 Å². The van der Waals surface area contributed by atoms with Gasteiger partial charge in [0.2, 0.25) is 0 Å². The predicted octanol–water partition coefficient (Wildman–Crippen LogP) is 4.56. The van der Waals surface area contributed by atoms with Gasteiger partial charge in [-0.15, -0.1) is 0 Å². The Morgan fingerprint density at radius 2 is 2.04 bits per heavy atom. The number of rotatable bonds is 6. The number of benzene rings is 1. The second-order valence-corrected chi connectivity index (χ2v) is 7.35. The second kappa shape index (κ2) is 7.77. The summed E-state index contributed by atoms with van der Waals surface area (Å²) in [5.41, 5.74) is 3.22. The van der Waals surface area contributed by atoms with E-state index in [0.717, 1.165) is 49.6 Å². The van der Waals surface area contributed by atoms with Gasteiger partial charge in [0.1, 0.15) is 10.5 Å². The van der Waals surface area contributed by atoms with Crippen LogP contribution in [0.1, 0.15) is 38.4 Å². The van der Waals surface area contributed by atoms with Crippen LogP contribution in [0.3, 0.4) is 0 Å². The molecule has 2 heterocycles. The molecule has 5 heteroatoms. The molecule has 3 rings (SSSR count). The highest BCUT2D eigenvalue weighted by Gasteiger charge is 2.30. The first-order valence-corrected chi connectivity index (χ1v) is 9.32. The van der Waals surface area contributed by atoms with E-state index in [2.05, 4.69) is 30.5 Å². The molecule has 0 radical (unpaired) electrons. The molecule has 0 bridgehead atoms. The van der Waals surface area contributed by atoms with Crippen molar-refractivity contribution in [3.05, 3.63) is 46.2 Å². The average Bonchev–Trinajstić information content (AvgIpc) is 2.60. The van der Waals surface area contributed by atoms with Gasteiger partial charge in [-0.1, -0.05) is 42.5 Å². The van der Waals surface area contributed by atoms with E-state index in [9.17, 15) is 0 Å². The molecule has 0 spiro atoms. The summed E-state index contributed by atoms with van der Waals surface area (Å²) >= 11 is 5.59. The van der Waals surface area contributed by atoms with Crippen molar-refractivity contribution in [2.75, 3.05) is 13.2 Å². The largest absolute Gasteiger partial charge is 0.382 e. The minimum atomic E-state index is -0.189. The summed E-state index contributed by atoms with van der Waals surface area (Å²) in [4.78, 5) is 4.76. The molecule has 0 atom stereocenters. The van der Waals surface area contributed by atoms with Gasteiger partial charge in [0.05, 0.1) is 12.2 Å². The lowest BCUT2D eigenvalue weighted by atomic mass is 9.96. The lowest BCUT2D eigenvalue weighted by Gasteiger charge is -2.34. The molecule has 0 aliphatic carbocycles. The van der Waals surface area contributed by atoms with Crippen molar-refractivity contribution in [3.8, 4) is 11.4 Å². The fourth-order valence-corrected chi connectivity index (χ4v) is 3.49. The maximum atomic E-state index is 5.97. The van der Waals surface area contributed by atoms with Crippen LogP contribution in [-0.4, -0.2) is 28.4 Å². The van der Waals surface area contributed by atoms with E-state index in [1.807, 2.05) is 25.1 Å². The van der Waals surface area contributed by atoms with Gasteiger partial charge in [-0.05, 0) is 27.2 Å². The third kappa shape index (κ3) is 4.17. The minimum absolute atomic E-state index is 0.189. The fourth-order valence-electron chi connectivity index (χ4n) is 3.22. The first-order chi connectivity index (χ1) is 12.0. The lowest BCUT2D eigenvalue weighted by molar-refractivity contribution is -0.0429. The van der Waals surface area contributed by atoms with Crippen molar-refractivity contribution in [2.24, 2.45) is 0 Å². The van der Waals surface area contributed by atoms with Crippen LogP contribution in [0.4, 0.5) is 0 Å². The maximum Gasteiger partial charge on any atom is 0.141 e. The highest BCUT2D eigenvalue weighted by Crippen LogP contribution is 2.31. The Morgan fingerprint density at radius 3 is 2.76 bits per heavy atom. The Kier molecular flexibility index (Phi) is 5.67. The quantitative estimate of drug-likeness (QED) is 0.560. The predicted molar refractivity (Wildman–Crippen MR) is 102 cm³/mol.